The number of nitrogens with zero attached hydrogens (tertiary/aromatic N) is 1. The molecule has 2 rings (SSSR count). The molecule has 1 heterocycles. The molecule has 0 aromatic heterocycles. The fourth-order valence-electron chi connectivity index (χ4n) is 2.77. The Balaban J connectivity index is 2.11. The molecular formula is C15H20BrNO2. The van der Waals surface area contributed by atoms with Gasteiger partial charge in [-0.25, -0.2) is 0 Å². The number of likely N-dealkylation sites (tertiary alicyclic amines) is 1. The first-order chi connectivity index (χ1) is 8.99. The highest BCUT2D eigenvalue weighted by Crippen LogP contribution is 2.27. The second-order valence-corrected chi connectivity index (χ2v) is 6.25. The Morgan fingerprint density at radius 2 is 2.26 bits per heavy atom. The van der Waals surface area contributed by atoms with Crippen LogP contribution in [-0.4, -0.2) is 28.6 Å². The molecule has 1 aliphatic heterocycles. The van der Waals surface area contributed by atoms with Gasteiger partial charge in [-0.15, -0.1) is 0 Å². The molecule has 4 heteroatoms. The number of halogens is 1. The molecule has 1 saturated heterocycles. The van der Waals surface area contributed by atoms with Crippen LogP contribution in [0, 0.1) is 12.8 Å². The molecule has 0 aliphatic carbocycles. The maximum Gasteiger partial charge on any atom is 0.308 e. The van der Waals surface area contributed by atoms with Crippen LogP contribution in [0.25, 0.3) is 0 Å². The van der Waals surface area contributed by atoms with E-state index in [1.165, 1.54) is 11.1 Å². The summed E-state index contributed by atoms with van der Waals surface area (Å²) in [5, 5.41) is 9.25. The lowest BCUT2D eigenvalue weighted by Crippen LogP contribution is -2.45. The van der Waals surface area contributed by atoms with Crippen LogP contribution in [0.1, 0.15) is 30.9 Å². The number of benzene rings is 1. The van der Waals surface area contributed by atoms with E-state index >= 15 is 0 Å². The van der Waals surface area contributed by atoms with Crippen molar-refractivity contribution in [3.63, 3.8) is 0 Å². The lowest BCUT2D eigenvalue weighted by atomic mass is 9.90. The Labute approximate surface area is 122 Å². The van der Waals surface area contributed by atoms with Crippen LogP contribution in [0.3, 0.4) is 0 Å². The number of piperidine rings is 1. The van der Waals surface area contributed by atoms with Crippen LogP contribution in [0.15, 0.2) is 22.7 Å². The maximum atomic E-state index is 11.2. The van der Waals surface area contributed by atoms with E-state index in [1.54, 1.807) is 0 Å². The molecule has 0 amide bonds. The second kappa shape index (κ2) is 6.06. The van der Waals surface area contributed by atoms with Gasteiger partial charge < -0.3 is 5.11 Å². The number of hydrogen-bond donors (Lipinski definition) is 1. The Hall–Kier alpha value is -0.870. The molecule has 19 heavy (non-hydrogen) atoms. The van der Waals surface area contributed by atoms with Crippen molar-refractivity contribution in [3.05, 3.63) is 33.8 Å². The third kappa shape index (κ3) is 3.37. The van der Waals surface area contributed by atoms with Crippen LogP contribution in [0.2, 0.25) is 0 Å². The number of carboxylic acid groups (broad SMARTS) is 1. The fourth-order valence-corrected chi connectivity index (χ4v) is 3.38. The van der Waals surface area contributed by atoms with Gasteiger partial charge in [0.25, 0.3) is 0 Å². The van der Waals surface area contributed by atoms with Crippen molar-refractivity contribution in [1.29, 1.82) is 0 Å². The van der Waals surface area contributed by atoms with Gasteiger partial charge in [-0.05, 0) is 50.4 Å². The Bertz CT molecular complexity index is 475. The van der Waals surface area contributed by atoms with Crippen LogP contribution < -0.4 is 0 Å². The number of rotatable bonds is 3. The van der Waals surface area contributed by atoms with Crippen LogP contribution in [0.4, 0.5) is 0 Å². The average Bonchev–Trinajstić information content (AvgIpc) is 2.34. The third-order valence-corrected chi connectivity index (χ3v) is 4.76. The predicted octanol–water partition coefficient (Wildman–Crippen LogP) is 3.44. The minimum Gasteiger partial charge on any atom is -0.481 e. The van der Waals surface area contributed by atoms with Gasteiger partial charge >= 0.3 is 5.97 Å². The first-order valence-electron chi connectivity index (χ1n) is 6.71. The molecule has 1 fully saturated rings. The molecular weight excluding hydrogens is 306 g/mol. The summed E-state index contributed by atoms with van der Waals surface area (Å²) in [6.07, 6.45) is 1.76. The minimum absolute atomic E-state index is 0.0967. The first kappa shape index (κ1) is 14.5. The average molecular weight is 326 g/mol. The molecule has 0 spiro atoms. The van der Waals surface area contributed by atoms with Gasteiger partial charge in [0.1, 0.15) is 0 Å². The third-order valence-electron chi connectivity index (χ3n) is 4.02. The summed E-state index contributed by atoms with van der Waals surface area (Å²) in [6.45, 7) is 5.88. The van der Waals surface area contributed by atoms with E-state index in [9.17, 15) is 9.90 Å². The van der Waals surface area contributed by atoms with E-state index in [2.05, 4.69) is 46.0 Å². The molecule has 0 saturated carbocycles. The van der Waals surface area contributed by atoms with Gasteiger partial charge in [0.2, 0.25) is 0 Å². The molecule has 3 nitrogen and oxygen atoms in total. The second-order valence-electron chi connectivity index (χ2n) is 5.39. The van der Waals surface area contributed by atoms with Crippen molar-refractivity contribution in [2.75, 3.05) is 6.54 Å². The Morgan fingerprint density at radius 1 is 1.53 bits per heavy atom. The maximum absolute atomic E-state index is 11.2. The van der Waals surface area contributed by atoms with Gasteiger partial charge in [-0.1, -0.05) is 28.1 Å². The zero-order valence-electron chi connectivity index (χ0n) is 11.4. The quantitative estimate of drug-likeness (QED) is 0.925. The molecule has 1 aromatic carbocycles. The molecule has 2 atom stereocenters. The van der Waals surface area contributed by atoms with E-state index in [1.807, 2.05) is 6.92 Å². The standard InChI is InChI=1S/C15H20BrNO2/c1-10-5-6-12(14(16)8-10)9-17-7-3-4-13(11(17)2)15(18)19/h5-6,8,11,13H,3-4,7,9H2,1-2H3,(H,18,19)/t11-,13-/m1/s1. The zero-order valence-corrected chi connectivity index (χ0v) is 13.0. The van der Waals surface area contributed by atoms with Crippen molar-refractivity contribution in [1.82, 2.24) is 4.90 Å². The Morgan fingerprint density at radius 3 is 2.89 bits per heavy atom. The zero-order chi connectivity index (χ0) is 14.0. The van der Waals surface area contributed by atoms with Gasteiger partial charge in [0.05, 0.1) is 5.92 Å². The first-order valence-corrected chi connectivity index (χ1v) is 7.50. The van der Waals surface area contributed by atoms with Gasteiger partial charge in [-0.3, -0.25) is 9.69 Å². The summed E-state index contributed by atoms with van der Waals surface area (Å²) >= 11 is 3.59. The van der Waals surface area contributed by atoms with Gasteiger partial charge in [-0.2, -0.15) is 0 Å². The summed E-state index contributed by atoms with van der Waals surface area (Å²) in [7, 11) is 0. The highest BCUT2D eigenvalue weighted by molar-refractivity contribution is 9.10. The van der Waals surface area contributed by atoms with Crippen LogP contribution in [-0.2, 0) is 11.3 Å². The number of carboxylic acids is 1. The van der Waals surface area contributed by atoms with Crippen molar-refractivity contribution in [2.24, 2.45) is 5.92 Å². The molecule has 0 bridgehead atoms. The molecule has 0 unspecified atom stereocenters. The summed E-state index contributed by atoms with van der Waals surface area (Å²) in [6, 6.07) is 6.43. The smallest absolute Gasteiger partial charge is 0.308 e. The lowest BCUT2D eigenvalue weighted by molar-refractivity contribution is -0.145. The van der Waals surface area contributed by atoms with Crippen molar-refractivity contribution < 1.29 is 9.90 Å². The lowest BCUT2D eigenvalue weighted by Gasteiger charge is -2.37. The summed E-state index contributed by atoms with van der Waals surface area (Å²) < 4.78 is 1.11. The highest BCUT2D eigenvalue weighted by Gasteiger charge is 2.32. The van der Waals surface area contributed by atoms with Crippen LogP contribution >= 0.6 is 15.9 Å². The van der Waals surface area contributed by atoms with Gasteiger partial charge in [0.15, 0.2) is 0 Å². The predicted molar refractivity (Wildman–Crippen MR) is 79.1 cm³/mol. The van der Waals surface area contributed by atoms with E-state index < -0.39 is 5.97 Å². The number of carbonyl (C=O) groups is 1. The molecule has 1 aliphatic rings. The minimum atomic E-state index is -0.667. The van der Waals surface area contributed by atoms with E-state index in [0.29, 0.717) is 0 Å². The Kier molecular flexibility index (Phi) is 4.63. The largest absolute Gasteiger partial charge is 0.481 e. The van der Waals surface area contributed by atoms with Crippen molar-refractivity contribution in [3.8, 4) is 0 Å². The van der Waals surface area contributed by atoms with Crippen molar-refractivity contribution >= 4 is 21.9 Å². The summed E-state index contributed by atoms with van der Waals surface area (Å²) in [4.78, 5) is 13.5. The van der Waals surface area contributed by atoms with Crippen LogP contribution in [0.5, 0.6) is 0 Å². The van der Waals surface area contributed by atoms with Gasteiger partial charge in [0, 0.05) is 17.1 Å². The van der Waals surface area contributed by atoms with E-state index in [0.717, 1.165) is 30.4 Å². The summed E-state index contributed by atoms with van der Waals surface area (Å²) in [5.41, 5.74) is 2.45. The van der Waals surface area contributed by atoms with E-state index in [-0.39, 0.29) is 12.0 Å². The molecule has 1 aromatic rings. The number of aliphatic carboxylic acids is 1. The van der Waals surface area contributed by atoms with E-state index in [4.69, 9.17) is 0 Å². The normalized spacial score (nSPS) is 24.4. The highest BCUT2D eigenvalue weighted by atomic mass is 79.9. The topological polar surface area (TPSA) is 40.5 Å². The van der Waals surface area contributed by atoms with Crippen molar-refractivity contribution in [2.45, 2.75) is 39.3 Å². The SMILES string of the molecule is Cc1ccc(CN2CCC[C@@H](C(=O)O)[C@H]2C)c(Br)c1. The fraction of sp³-hybridized carbons (Fsp3) is 0.533. The molecule has 104 valence electrons. The molecule has 0 radical (unpaired) electrons. The molecule has 1 N–H and O–H groups in total. The number of aryl methyl sites for hydroxylation is 1. The number of hydrogen-bond acceptors (Lipinski definition) is 2. The monoisotopic (exact) mass is 325 g/mol. The summed E-state index contributed by atoms with van der Waals surface area (Å²) in [5.74, 6) is -0.904.